The van der Waals surface area contributed by atoms with E-state index in [1.165, 1.54) is 0 Å². The van der Waals surface area contributed by atoms with Crippen molar-refractivity contribution in [3.63, 3.8) is 0 Å². The molecule has 0 aliphatic rings. The van der Waals surface area contributed by atoms with Crippen molar-refractivity contribution in [2.45, 2.75) is 45.8 Å². The van der Waals surface area contributed by atoms with Gasteiger partial charge >= 0.3 is 0 Å². The molecule has 3 atom stereocenters. The van der Waals surface area contributed by atoms with Gasteiger partial charge < -0.3 is 9.84 Å². The van der Waals surface area contributed by atoms with Crippen molar-refractivity contribution in [1.29, 1.82) is 0 Å². The molecule has 2 rings (SSSR count). The maximum atomic E-state index is 12.1. The number of carbonyl (C=O) groups excluding carboxylic acids is 1. The summed E-state index contributed by atoms with van der Waals surface area (Å²) < 4.78 is 6.84. The topological polar surface area (TPSA) is 85.0 Å². The van der Waals surface area contributed by atoms with Crippen molar-refractivity contribution in [3.8, 4) is 0 Å². The standard InChI is InChI=1S/C14H21N5O2/c1-9-8-13(21-18-9)17-14(20)11(3)16-10(2)12(4)19-7-5-6-15-19/h5-8,10-12,16H,1-4H3,(H,17,20)/t10-,11+,12+/m1/s1. The predicted molar refractivity (Wildman–Crippen MR) is 78.9 cm³/mol. The largest absolute Gasteiger partial charge is 0.338 e. The molecule has 2 N–H and O–H groups in total. The molecule has 2 heterocycles. The first kappa shape index (κ1) is 15.2. The lowest BCUT2D eigenvalue weighted by Crippen LogP contribution is -2.45. The second kappa shape index (κ2) is 6.53. The molecule has 0 fully saturated rings. The van der Waals surface area contributed by atoms with Crippen molar-refractivity contribution in [1.82, 2.24) is 20.3 Å². The first-order chi connectivity index (χ1) is 9.97. The number of nitrogens with zero attached hydrogens (tertiary/aromatic N) is 3. The van der Waals surface area contributed by atoms with Gasteiger partial charge in [-0.2, -0.15) is 5.10 Å². The summed E-state index contributed by atoms with van der Waals surface area (Å²) in [5.41, 5.74) is 0.728. The van der Waals surface area contributed by atoms with Crippen LogP contribution in [0.5, 0.6) is 0 Å². The van der Waals surface area contributed by atoms with E-state index in [0.29, 0.717) is 5.88 Å². The van der Waals surface area contributed by atoms with Crippen LogP contribution < -0.4 is 10.6 Å². The van der Waals surface area contributed by atoms with Gasteiger partial charge in [-0.1, -0.05) is 5.16 Å². The molecule has 0 aliphatic carbocycles. The lowest BCUT2D eigenvalue weighted by atomic mass is 10.1. The Hall–Kier alpha value is -2.15. The molecule has 2 aromatic rings. The third kappa shape index (κ3) is 3.91. The number of hydrogen-bond acceptors (Lipinski definition) is 5. The number of nitrogens with one attached hydrogen (secondary N) is 2. The molecule has 0 saturated carbocycles. The van der Waals surface area contributed by atoms with Gasteiger partial charge in [-0.05, 0) is 33.8 Å². The van der Waals surface area contributed by atoms with E-state index in [4.69, 9.17) is 4.52 Å². The van der Waals surface area contributed by atoms with Crippen LogP contribution in [-0.2, 0) is 4.79 Å². The summed E-state index contributed by atoms with van der Waals surface area (Å²) in [6.45, 7) is 7.68. The average molecular weight is 291 g/mol. The van der Waals surface area contributed by atoms with Gasteiger partial charge in [0.2, 0.25) is 11.8 Å². The second-order valence-corrected chi connectivity index (χ2v) is 5.23. The van der Waals surface area contributed by atoms with Crippen LogP contribution in [0.3, 0.4) is 0 Å². The molecule has 2 aromatic heterocycles. The van der Waals surface area contributed by atoms with E-state index < -0.39 is 0 Å². The van der Waals surface area contributed by atoms with Crippen molar-refractivity contribution < 1.29 is 9.32 Å². The Morgan fingerprint density at radius 3 is 2.71 bits per heavy atom. The molecule has 1 amide bonds. The van der Waals surface area contributed by atoms with Gasteiger partial charge in [0.15, 0.2) is 0 Å². The van der Waals surface area contributed by atoms with Gasteiger partial charge in [0.05, 0.1) is 17.8 Å². The minimum Gasteiger partial charge on any atom is -0.338 e. The van der Waals surface area contributed by atoms with Gasteiger partial charge in [-0.3, -0.25) is 14.8 Å². The van der Waals surface area contributed by atoms with Crippen LogP contribution in [0, 0.1) is 6.92 Å². The lowest BCUT2D eigenvalue weighted by Gasteiger charge is -2.24. The Labute approximate surface area is 123 Å². The first-order valence-corrected chi connectivity index (χ1v) is 6.96. The zero-order valence-electron chi connectivity index (χ0n) is 12.7. The molecule has 0 radical (unpaired) electrons. The molecule has 7 heteroatoms. The van der Waals surface area contributed by atoms with E-state index >= 15 is 0 Å². The normalized spacial score (nSPS) is 15.4. The molecule has 0 unspecified atom stereocenters. The van der Waals surface area contributed by atoms with Crippen molar-refractivity contribution in [2.24, 2.45) is 0 Å². The maximum Gasteiger partial charge on any atom is 0.243 e. The van der Waals surface area contributed by atoms with Crippen LogP contribution in [0.2, 0.25) is 0 Å². The van der Waals surface area contributed by atoms with Crippen molar-refractivity contribution >= 4 is 11.8 Å². The quantitative estimate of drug-likeness (QED) is 0.847. The van der Waals surface area contributed by atoms with Crippen LogP contribution in [0.15, 0.2) is 29.0 Å². The molecule has 0 aromatic carbocycles. The fourth-order valence-corrected chi connectivity index (χ4v) is 2.01. The zero-order valence-corrected chi connectivity index (χ0v) is 12.7. The first-order valence-electron chi connectivity index (χ1n) is 6.96. The number of aryl methyl sites for hydroxylation is 1. The summed E-state index contributed by atoms with van der Waals surface area (Å²) in [5.74, 6) is 0.199. The predicted octanol–water partition coefficient (Wildman–Crippen LogP) is 1.75. The molecule has 114 valence electrons. The van der Waals surface area contributed by atoms with Gasteiger partial charge in [0.25, 0.3) is 0 Å². The van der Waals surface area contributed by atoms with Crippen molar-refractivity contribution in [3.05, 3.63) is 30.2 Å². The smallest absolute Gasteiger partial charge is 0.243 e. The number of amides is 1. The molecule has 0 bridgehead atoms. The number of aromatic nitrogens is 3. The van der Waals surface area contributed by atoms with E-state index in [1.807, 2.05) is 30.8 Å². The summed E-state index contributed by atoms with van der Waals surface area (Å²) in [5, 5.41) is 13.9. The van der Waals surface area contributed by atoms with E-state index in [1.54, 1.807) is 19.2 Å². The highest BCUT2D eigenvalue weighted by Crippen LogP contribution is 2.11. The van der Waals surface area contributed by atoms with E-state index in [-0.39, 0.29) is 24.0 Å². The number of anilines is 1. The Bertz CT molecular complexity index is 578. The van der Waals surface area contributed by atoms with Crippen LogP contribution in [-0.4, -0.2) is 32.9 Å². The van der Waals surface area contributed by atoms with Crippen LogP contribution in [0.25, 0.3) is 0 Å². The Balaban J connectivity index is 1.88. The summed E-state index contributed by atoms with van der Waals surface area (Å²) in [6, 6.07) is 3.43. The van der Waals surface area contributed by atoms with Gasteiger partial charge in [0, 0.05) is 24.5 Å². The highest BCUT2D eigenvalue weighted by atomic mass is 16.5. The SMILES string of the molecule is Cc1cc(NC(=O)[C@H](C)N[C@H](C)[C@H](C)n2cccn2)on1. The molecule has 0 saturated heterocycles. The molecule has 0 aliphatic heterocycles. The third-order valence-corrected chi connectivity index (χ3v) is 3.45. The highest BCUT2D eigenvalue weighted by Gasteiger charge is 2.21. The third-order valence-electron chi connectivity index (χ3n) is 3.45. The Morgan fingerprint density at radius 2 is 2.14 bits per heavy atom. The van der Waals surface area contributed by atoms with Gasteiger partial charge in [0.1, 0.15) is 0 Å². The summed E-state index contributed by atoms with van der Waals surface area (Å²) in [6.07, 6.45) is 3.65. The maximum absolute atomic E-state index is 12.1. The van der Waals surface area contributed by atoms with Crippen LogP contribution in [0.1, 0.15) is 32.5 Å². The summed E-state index contributed by atoms with van der Waals surface area (Å²) >= 11 is 0. The van der Waals surface area contributed by atoms with E-state index in [9.17, 15) is 4.79 Å². The molecular weight excluding hydrogens is 270 g/mol. The minimum absolute atomic E-state index is 0.0853. The fourth-order valence-electron chi connectivity index (χ4n) is 2.01. The van der Waals surface area contributed by atoms with Gasteiger partial charge in [-0.25, -0.2) is 0 Å². The number of carbonyl (C=O) groups is 1. The number of hydrogen-bond donors (Lipinski definition) is 2. The van der Waals surface area contributed by atoms with Gasteiger partial charge in [-0.15, -0.1) is 0 Å². The van der Waals surface area contributed by atoms with Crippen LogP contribution >= 0.6 is 0 Å². The number of rotatable bonds is 6. The molecule has 7 nitrogen and oxygen atoms in total. The minimum atomic E-state index is -0.358. The fraction of sp³-hybridized carbons (Fsp3) is 0.500. The average Bonchev–Trinajstić information content (AvgIpc) is 3.09. The van der Waals surface area contributed by atoms with E-state index in [0.717, 1.165) is 5.69 Å². The van der Waals surface area contributed by atoms with Crippen LogP contribution in [0.4, 0.5) is 5.88 Å². The monoisotopic (exact) mass is 291 g/mol. The molecule has 21 heavy (non-hydrogen) atoms. The molecule has 0 spiro atoms. The van der Waals surface area contributed by atoms with Crippen molar-refractivity contribution in [2.75, 3.05) is 5.32 Å². The Kier molecular flexibility index (Phi) is 4.74. The molecular formula is C14H21N5O2. The zero-order chi connectivity index (χ0) is 15.4. The Morgan fingerprint density at radius 1 is 1.38 bits per heavy atom. The summed E-state index contributed by atoms with van der Waals surface area (Å²) in [7, 11) is 0. The summed E-state index contributed by atoms with van der Waals surface area (Å²) in [4.78, 5) is 12.1. The highest BCUT2D eigenvalue weighted by molar-refractivity contribution is 5.93. The second-order valence-electron chi connectivity index (χ2n) is 5.23. The lowest BCUT2D eigenvalue weighted by molar-refractivity contribution is -0.118. The van der Waals surface area contributed by atoms with E-state index in [2.05, 4.69) is 27.8 Å².